The lowest BCUT2D eigenvalue weighted by atomic mass is 9.96. The highest BCUT2D eigenvalue weighted by Crippen LogP contribution is 2.23. The summed E-state index contributed by atoms with van der Waals surface area (Å²) < 4.78 is 16.3. The van der Waals surface area contributed by atoms with E-state index in [-0.39, 0.29) is 12.1 Å². The molecule has 1 saturated heterocycles. The number of nitrogens with one attached hydrogen (secondary N) is 1. The highest BCUT2D eigenvalue weighted by molar-refractivity contribution is 5.78. The van der Waals surface area contributed by atoms with Crippen LogP contribution >= 0.6 is 0 Å². The van der Waals surface area contributed by atoms with E-state index in [2.05, 4.69) is 15.3 Å². The topological polar surface area (TPSA) is 103 Å². The number of alkyl carbamates (subject to hydrolysis) is 1. The van der Waals surface area contributed by atoms with Crippen molar-refractivity contribution in [3.63, 3.8) is 0 Å². The van der Waals surface area contributed by atoms with Crippen LogP contribution in [0.25, 0.3) is 11.0 Å². The lowest BCUT2D eigenvalue weighted by molar-refractivity contribution is -0.0718. The van der Waals surface area contributed by atoms with Gasteiger partial charge in [0.2, 0.25) is 5.88 Å². The molecule has 0 spiro atoms. The zero-order chi connectivity index (χ0) is 21.0. The van der Waals surface area contributed by atoms with Crippen molar-refractivity contribution in [1.29, 1.82) is 0 Å². The number of carbonyl (C=O) groups is 1. The first-order valence-corrected chi connectivity index (χ1v) is 9.83. The summed E-state index contributed by atoms with van der Waals surface area (Å²) in [5, 5.41) is 13.5. The number of carbonyl (C=O) groups excluding carboxylic acids is 1. The highest BCUT2D eigenvalue weighted by atomic mass is 16.6. The smallest absolute Gasteiger partial charge is 0.407 e. The third kappa shape index (κ3) is 5.77. The lowest BCUT2D eigenvalue weighted by Gasteiger charge is -2.32. The molecule has 3 atom stereocenters. The van der Waals surface area contributed by atoms with E-state index in [9.17, 15) is 9.90 Å². The fourth-order valence-electron chi connectivity index (χ4n) is 3.36. The van der Waals surface area contributed by atoms with Crippen molar-refractivity contribution in [1.82, 2.24) is 15.3 Å². The van der Waals surface area contributed by atoms with Crippen LogP contribution in [0, 0.1) is 0 Å². The summed E-state index contributed by atoms with van der Waals surface area (Å²) in [5.74, 6) is 0.506. The Hall–Kier alpha value is -2.45. The maximum atomic E-state index is 11.9. The Morgan fingerprint density at radius 2 is 2.14 bits per heavy atom. The van der Waals surface area contributed by atoms with Crippen LogP contribution < -0.4 is 10.1 Å². The number of aliphatic hydroxyl groups excluding tert-OH is 1. The van der Waals surface area contributed by atoms with Gasteiger partial charge in [-0.2, -0.15) is 0 Å². The van der Waals surface area contributed by atoms with E-state index in [4.69, 9.17) is 14.2 Å². The molecule has 1 fully saturated rings. The van der Waals surface area contributed by atoms with E-state index in [0.717, 1.165) is 11.1 Å². The summed E-state index contributed by atoms with van der Waals surface area (Å²) >= 11 is 0. The second-order valence-electron chi connectivity index (χ2n) is 8.26. The molecule has 2 aromatic rings. The molecular weight excluding hydrogens is 374 g/mol. The molecule has 0 radical (unpaired) electrons. The highest BCUT2D eigenvalue weighted by Gasteiger charge is 2.29. The Kier molecular flexibility index (Phi) is 6.54. The molecule has 0 bridgehead atoms. The number of nitrogens with zero attached hydrogens (tertiary/aromatic N) is 2. The second kappa shape index (κ2) is 8.92. The molecule has 2 aromatic heterocycles. The molecule has 8 heteroatoms. The van der Waals surface area contributed by atoms with E-state index in [1.54, 1.807) is 19.4 Å². The van der Waals surface area contributed by atoms with Gasteiger partial charge in [-0.3, -0.25) is 4.98 Å². The normalized spacial score (nSPS) is 20.9. The molecule has 1 aliphatic heterocycles. The quantitative estimate of drug-likeness (QED) is 0.791. The molecule has 0 saturated carbocycles. The summed E-state index contributed by atoms with van der Waals surface area (Å²) in [4.78, 5) is 20.7. The minimum absolute atomic E-state index is 0.124. The van der Waals surface area contributed by atoms with Crippen molar-refractivity contribution in [2.24, 2.45) is 0 Å². The fourth-order valence-corrected chi connectivity index (χ4v) is 3.36. The first kappa shape index (κ1) is 21.3. The van der Waals surface area contributed by atoms with Crippen LogP contribution in [0.1, 0.15) is 39.2 Å². The zero-order valence-electron chi connectivity index (χ0n) is 17.3. The van der Waals surface area contributed by atoms with Gasteiger partial charge in [0.1, 0.15) is 5.60 Å². The Balaban J connectivity index is 1.57. The average Bonchev–Trinajstić information content (AvgIpc) is 2.67. The monoisotopic (exact) mass is 403 g/mol. The van der Waals surface area contributed by atoms with Crippen molar-refractivity contribution in [2.45, 2.75) is 63.9 Å². The van der Waals surface area contributed by atoms with Crippen LogP contribution in [-0.4, -0.2) is 58.7 Å². The number of methoxy groups -OCH3 is 1. The van der Waals surface area contributed by atoms with Gasteiger partial charge >= 0.3 is 6.09 Å². The van der Waals surface area contributed by atoms with Gasteiger partial charge in [0, 0.05) is 18.7 Å². The first-order valence-electron chi connectivity index (χ1n) is 9.83. The molecular formula is C21H29N3O5. The summed E-state index contributed by atoms with van der Waals surface area (Å²) in [5.41, 5.74) is 1.81. The van der Waals surface area contributed by atoms with Crippen LogP contribution in [0.2, 0.25) is 0 Å². The Bertz CT molecular complexity index is 844. The standard InChI is InChI=1S/C21H29N3O5/c1-21(2,3)29-20(26)23-14-5-7-17(28-12-14)16(25)11-13-9-10-22-15-6-8-18(27-4)24-19(13)15/h6,8-10,14,16-17,25H,5,7,11-12H2,1-4H3,(H,23,26)/t14-,16-,17+/m1/s1. The molecule has 3 rings (SSSR count). The Labute approximate surface area is 170 Å². The van der Waals surface area contributed by atoms with Crippen LogP contribution in [-0.2, 0) is 15.9 Å². The summed E-state index contributed by atoms with van der Waals surface area (Å²) in [6.45, 7) is 5.81. The third-order valence-corrected chi connectivity index (χ3v) is 4.74. The number of hydrogen-bond acceptors (Lipinski definition) is 7. The van der Waals surface area contributed by atoms with Crippen molar-refractivity contribution < 1.29 is 24.1 Å². The Morgan fingerprint density at radius 1 is 1.34 bits per heavy atom. The van der Waals surface area contributed by atoms with E-state index in [0.29, 0.717) is 37.3 Å². The van der Waals surface area contributed by atoms with Gasteiger partial charge in [-0.15, -0.1) is 0 Å². The number of aliphatic hydroxyl groups is 1. The fraction of sp³-hybridized carbons (Fsp3) is 0.571. The molecule has 2 N–H and O–H groups in total. The minimum atomic E-state index is -0.684. The third-order valence-electron chi connectivity index (χ3n) is 4.74. The van der Waals surface area contributed by atoms with Gasteiger partial charge in [0.15, 0.2) is 0 Å². The number of fused-ring (bicyclic) bond motifs is 1. The predicted molar refractivity (Wildman–Crippen MR) is 108 cm³/mol. The first-order chi connectivity index (χ1) is 13.7. The average molecular weight is 403 g/mol. The van der Waals surface area contributed by atoms with Crippen LogP contribution in [0.5, 0.6) is 5.88 Å². The number of hydrogen-bond donors (Lipinski definition) is 2. The molecule has 0 aliphatic carbocycles. The summed E-state index contributed by atoms with van der Waals surface area (Å²) in [6, 6.07) is 5.34. The SMILES string of the molecule is COc1ccc2nccc(C[C@@H](O)[C@@H]3CC[C@@H](NC(=O)OC(C)(C)C)CO3)c2n1. The maximum absolute atomic E-state index is 11.9. The Morgan fingerprint density at radius 3 is 2.79 bits per heavy atom. The van der Waals surface area contributed by atoms with Crippen LogP contribution in [0.15, 0.2) is 24.4 Å². The van der Waals surface area contributed by atoms with E-state index in [1.165, 1.54) is 0 Å². The van der Waals surface area contributed by atoms with Gasteiger partial charge in [0.25, 0.3) is 0 Å². The summed E-state index contributed by atoms with van der Waals surface area (Å²) in [7, 11) is 1.57. The number of pyridine rings is 2. The van der Waals surface area contributed by atoms with Crippen molar-refractivity contribution >= 4 is 17.1 Å². The van der Waals surface area contributed by atoms with Gasteiger partial charge in [0.05, 0.1) is 43.0 Å². The van der Waals surface area contributed by atoms with E-state index >= 15 is 0 Å². The number of rotatable bonds is 5. The van der Waals surface area contributed by atoms with Gasteiger partial charge in [-0.25, -0.2) is 9.78 Å². The van der Waals surface area contributed by atoms with Crippen LogP contribution in [0.3, 0.4) is 0 Å². The molecule has 158 valence electrons. The molecule has 1 aliphatic rings. The second-order valence-corrected chi connectivity index (χ2v) is 8.26. The predicted octanol–water partition coefficient (Wildman–Crippen LogP) is 2.61. The molecule has 3 heterocycles. The molecule has 0 aromatic carbocycles. The van der Waals surface area contributed by atoms with E-state index in [1.807, 2.05) is 32.9 Å². The zero-order valence-corrected chi connectivity index (χ0v) is 17.3. The van der Waals surface area contributed by atoms with Crippen molar-refractivity contribution in [3.05, 3.63) is 30.0 Å². The lowest BCUT2D eigenvalue weighted by Crippen LogP contribution is -2.47. The number of ether oxygens (including phenoxy) is 3. The number of aromatic nitrogens is 2. The van der Waals surface area contributed by atoms with E-state index < -0.39 is 17.8 Å². The largest absolute Gasteiger partial charge is 0.481 e. The van der Waals surface area contributed by atoms with Gasteiger partial charge < -0.3 is 24.6 Å². The molecule has 29 heavy (non-hydrogen) atoms. The number of amides is 1. The summed E-state index contributed by atoms with van der Waals surface area (Å²) in [6.07, 6.45) is 2.02. The molecule has 1 amide bonds. The molecule has 8 nitrogen and oxygen atoms in total. The van der Waals surface area contributed by atoms with Crippen molar-refractivity contribution in [3.8, 4) is 5.88 Å². The van der Waals surface area contributed by atoms with Crippen molar-refractivity contribution in [2.75, 3.05) is 13.7 Å². The van der Waals surface area contributed by atoms with Crippen LogP contribution in [0.4, 0.5) is 4.79 Å². The molecule has 0 unspecified atom stereocenters. The van der Waals surface area contributed by atoms with Gasteiger partial charge in [-0.05, 0) is 51.3 Å². The van der Waals surface area contributed by atoms with Gasteiger partial charge in [-0.1, -0.05) is 0 Å². The maximum Gasteiger partial charge on any atom is 0.407 e. The minimum Gasteiger partial charge on any atom is -0.481 e.